The summed E-state index contributed by atoms with van der Waals surface area (Å²) < 4.78 is 1.64. The van der Waals surface area contributed by atoms with Gasteiger partial charge in [-0.15, -0.1) is 5.10 Å². The van der Waals surface area contributed by atoms with E-state index in [1.54, 1.807) is 4.68 Å². The highest BCUT2D eigenvalue weighted by Crippen LogP contribution is 2.17. The largest absolute Gasteiger partial charge is 0.368 e. The zero-order valence-electron chi connectivity index (χ0n) is 11.2. The Labute approximate surface area is 107 Å². The van der Waals surface area contributed by atoms with Crippen LogP contribution < -0.4 is 11.1 Å². The highest BCUT2D eigenvalue weighted by atomic mass is 15.4. The van der Waals surface area contributed by atoms with Crippen molar-refractivity contribution >= 4 is 11.9 Å². The van der Waals surface area contributed by atoms with Gasteiger partial charge in [0.1, 0.15) is 0 Å². The molecule has 5 heteroatoms. The summed E-state index contributed by atoms with van der Waals surface area (Å²) in [6, 6.07) is 7.98. The number of benzene rings is 1. The Morgan fingerprint density at radius 3 is 2.61 bits per heavy atom. The number of hydrogen-bond donors (Lipinski definition) is 2. The zero-order chi connectivity index (χ0) is 13.3. The highest BCUT2D eigenvalue weighted by Gasteiger charge is 2.15. The number of nitrogens with zero attached hydrogens (tertiary/aromatic N) is 3. The molecule has 1 aromatic heterocycles. The number of aryl methyl sites for hydroxylation is 1. The van der Waals surface area contributed by atoms with Crippen LogP contribution in [0, 0.1) is 6.92 Å². The molecule has 0 saturated carbocycles. The van der Waals surface area contributed by atoms with E-state index in [0.29, 0.717) is 11.9 Å². The lowest BCUT2D eigenvalue weighted by molar-refractivity contribution is 0.625. The van der Waals surface area contributed by atoms with Crippen molar-refractivity contribution in [3.63, 3.8) is 0 Å². The van der Waals surface area contributed by atoms with Crippen LogP contribution >= 0.6 is 0 Å². The fourth-order valence-electron chi connectivity index (χ4n) is 1.66. The number of aromatic nitrogens is 3. The van der Waals surface area contributed by atoms with Crippen LogP contribution in [0.3, 0.4) is 0 Å². The molecular formula is C13H19N5. The molecule has 0 radical (unpaired) electrons. The molecule has 1 aromatic carbocycles. The lowest BCUT2D eigenvalue weighted by Gasteiger charge is -2.18. The lowest BCUT2D eigenvalue weighted by Crippen LogP contribution is -2.26. The van der Waals surface area contributed by atoms with Gasteiger partial charge in [0, 0.05) is 5.54 Å². The summed E-state index contributed by atoms with van der Waals surface area (Å²) in [6.07, 6.45) is 0. The fraction of sp³-hybridized carbons (Fsp3) is 0.385. The molecule has 0 aliphatic heterocycles. The number of rotatable bonds is 2. The maximum absolute atomic E-state index is 5.89. The minimum atomic E-state index is -0.0920. The number of nitrogens with two attached hydrogens (primary N) is 1. The summed E-state index contributed by atoms with van der Waals surface area (Å²) in [7, 11) is 0. The van der Waals surface area contributed by atoms with Crippen molar-refractivity contribution in [2.45, 2.75) is 33.2 Å². The Morgan fingerprint density at radius 1 is 1.28 bits per heavy atom. The molecule has 3 N–H and O–H groups in total. The van der Waals surface area contributed by atoms with Crippen molar-refractivity contribution in [1.82, 2.24) is 14.8 Å². The molecule has 0 unspecified atom stereocenters. The molecule has 0 saturated heterocycles. The van der Waals surface area contributed by atoms with Crippen molar-refractivity contribution in [2.75, 3.05) is 11.1 Å². The Morgan fingerprint density at radius 2 is 2.00 bits per heavy atom. The van der Waals surface area contributed by atoms with Crippen LogP contribution in [0.2, 0.25) is 0 Å². The quantitative estimate of drug-likeness (QED) is 0.852. The van der Waals surface area contributed by atoms with E-state index in [2.05, 4.69) is 36.2 Å². The van der Waals surface area contributed by atoms with Gasteiger partial charge in [0.2, 0.25) is 11.9 Å². The average Bonchev–Trinajstić information content (AvgIpc) is 2.56. The van der Waals surface area contributed by atoms with Crippen LogP contribution in [0.4, 0.5) is 11.9 Å². The maximum atomic E-state index is 5.89. The second kappa shape index (κ2) is 4.33. The van der Waals surface area contributed by atoms with Gasteiger partial charge in [-0.2, -0.15) is 9.67 Å². The predicted octanol–water partition coefficient (Wildman–Crippen LogP) is 2.37. The van der Waals surface area contributed by atoms with Gasteiger partial charge in [-0.05, 0) is 45.4 Å². The fourth-order valence-corrected chi connectivity index (χ4v) is 1.66. The topological polar surface area (TPSA) is 68.8 Å². The first-order valence-electron chi connectivity index (χ1n) is 5.93. The summed E-state index contributed by atoms with van der Waals surface area (Å²) in [6.45, 7) is 8.19. The van der Waals surface area contributed by atoms with Gasteiger partial charge in [-0.25, -0.2) is 0 Å². The van der Waals surface area contributed by atoms with Crippen molar-refractivity contribution in [3.8, 4) is 5.69 Å². The van der Waals surface area contributed by atoms with E-state index in [0.717, 1.165) is 11.3 Å². The predicted molar refractivity (Wildman–Crippen MR) is 73.9 cm³/mol. The van der Waals surface area contributed by atoms with Gasteiger partial charge in [0.05, 0.1) is 5.69 Å². The Hall–Kier alpha value is -2.04. The molecule has 2 rings (SSSR count). The van der Waals surface area contributed by atoms with E-state index >= 15 is 0 Å². The molecule has 0 aliphatic rings. The van der Waals surface area contributed by atoms with Gasteiger partial charge in [-0.3, -0.25) is 0 Å². The minimum Gasteiger partial charge on any atom is -0.368 e. The SMILES string of the molecule is Cc1cccc(-n2nc(NC(C)(C)C)nc2N)c1. The molecule has 5 nitrogen and oxygen atoms in total. The summed E-state index contributed by atoms with van der Waals surface area (Å²) >= 11 is 0. The molecule has 2 aromatic rings. The first-order valence-corrected chi connectivity index (χ1v) is 5.93. The van der Waals surface area contributed by atoms with E-state index in [1.165, 1.54) is 0 Å². The highest BCUT2D eigenvalue weighted by molar-refractivity contribution is 5.43. The lowest BCUT2D eigenvalue weighted by atomic mass is 10.1. The third-order valence-corrected chi connectivity index (χ3v) is 2.37. The number of anilines is 2. The van der Waals surface area contributed by atoms with Gasteiger partial charge in [0.25, 0.3) is 0 Å². The normalized spacial score (nSPS) is 11.6. The van der Waals surface area contributed by atoms with Crippen LogP contribution in [0.5, 0.6) is 0 Å². The van der Waals surface area contributed by atoms with Crippen LogP contribution in [0.15, 0.2) is 24.3 Å². The molecule has 18 heavy (non-hydrogen) atoms. The summed E-state index contributed by atoms with van der Waals surface area (Å²) in [5.74, 6) is 0.925. The molecule has 0 fully saturated rings. The Kier molecular flexibility index (Phi) is 2.98. The van der Waals surface area contributed by atoms with Crippen LogP contribution in [0.1, 0.15) is 26.3 Å². The van der Waals surface area contributed by atoms with Gasteiger partial charge >= 0.3 is 0 Å². The third kappa shape index (κ3) is 2.80. The molecule has 0 spiro atoms. The van der Waals surface area contributed by atoms with Crippen molar-refractivity contribution in [1.29, 1.82) is 0 Å². The summed E-state index contributed by atoms with van der Waals surface area (Å²) in [4.78, 5) is 4.22. The summed E-state index contributed by atoms with van der Waals surface area (Å²) in [5.41, 5.74) is 7.88. The molecule has 1 heterocycles. The van der Waals surface area contributed by atoms with Crippen LogP contribution in [-0.4, -0.2) is 20.3 Å². The van der Waals surface area contributed by atoms with E-state index in [-0.39, 0.29) is 5.54 Å². The zero-order valence-corrected chi connectivity index (χ0v) is 11.2. The van der Waals surface area contributed by atoms with Crippen LogP contribution in [-0.2, 0) is 0 Å². The second-order valence-corrected chi connectivity index (χ2v) is 5.42. The third-order valence-electron chi connectivity index (χ3n) is 2.37. The second-order valence-electron chi connectivity index (χ2n) is 5.42. The van der Waals surface area contributed by atoms with E-state index < -0.39 is 0 Å². The number of hydrogen-bond acceptors (Lipinski definition) is 4. The Balaban J connectivity index is 2.35. The van der Waals surface area contributed by atoms with Gasteiger partial charge in [-0.1, -0.05) is 12.1 Å². The Bertz CT molecular complexity index is 551. The summed E-state index contributed by atoms with van der Waals surface area (Å²) in [5, 5.41) is 7.58. The molecule has 0 atom stereocenters. The van der Waals surface area contributed by atoms with Gasteiger partial charge in [0.15, 0.2) is 0 Å². The maximum Gasteiger partial charge on any atom is 0.244 e. The molecular weight excluding hydrogens is 226 g/mol. The average molecular weight is 245 g/mol. The molecule has 0 amide bonds. The van der Waals surface area contributed by atoms with E-state index in [4.69, 9.17) is 5.73 Å². The smallest absolute Gasteiger partial charge is 0.244 e. The van der Waals surface area contributed by atoms with Crippen molar-refractivity contribution in [2.24, 2.45) is 0 Å². The monoisotopic (exact) mass is 245 g/mol. The van der Waals surface area contributed by atoms with E-state index in [9.17, 15) is 0 Å². The standard InChI is InChI=1S/C13H19N5/c1-9-6-5-7-10(8-9)18-11(14)15-12(17-18)16-13(2,3)4/h5-8H,1-4H3,(H3,14,15,16,17). The number of nitrogen functional groups attached to an aromatic ring is 1. The van der Waals surface area contributed by atoms with Gasteiger partial charge < -0.3 is 11.1 Å². The first kappa shape index (κ1) is 12.4. The van der Waals surface area contributed by atoms with Crippen molar-refractivity contribution in [3.05, 3.63) is 29.8 Å². The van der Waals surface area contributed by atoms with Crippen LogP contribution in [0.25, 0.3) is 5.69 Å². The number of nitrogens with one attached hydrogen (secondary N) is 1. The molecule has 96 valence electrons. The van der Waals surface area contributed by atoms with Crippen molar-refractivity contribution < 1.29 is 0 Å². The molecule has 0 bridgehead atoms. The minimum absolute atomic E-state index is 0.0920. The molecule has 0 aliphatic carbocycles. The first-order chi connectivity index (χ1) is 8.35. The van der Waals surface area contributed by atoms with E-state index in [1.807, 2.05) is 31.2 Å².